The average Bonchev–Trinajstić information content (AvgIpc) is 3.66. The highest BCUT2D eigenvalue weighted by Crippen LogP contribution is 2.29. The topological polar surface area (TPSA) is 81.4 Å². The highest BCUT2D eigenvalue weighted by molar-refractivity contribution is 7.99. The maximum Gasteiger partial charge on any atom is 0.124 e. The lowest BCUT2D eigenvalue weighted by Gasteiger charge is -2.07. The zero-order valence-corrected chi connectivity index (χ0v) is 24.0. The summed E-state index contributed by atoms with van der Waals surface area (Å²) in [4.78, 5) is 16.1. The van der Waals surface area contributed by atoms with Crippen LogP contribution in [-0.2, 0) is 0 Å². The number of hydrogen-bond donors (Lipinski definition) is 4. The van der Waals surface area contributed by atoms with Crippen molar-refractivity contribution in [3.8, 4) is 33.6 Å². The SMILES string of the molecule is Cl.Cl.Cl.Cl.c1cc(-c2cnc(C3CSCN3)[nH]2)ccc1-c1ccc(-c2cnc(C3CSCN3)[nH]2)cc1. The largest absolute Gasteiger partial charge is 0.341 e. The lowest BCUT2D eigenvalue weighted by Crippen LogP contribution is -2.15. The van der Waals surface area contributed by atoms with Gasteiger partial charge >= 0.3 is 0 Å². The lowest BCUT2D eigenvalue weighted by molar-refractivity contribution is 0.641. The predicted molar refractivity (Wildman–Crippen MR) is 162 cm³/mol. The molecule has 2 fully saturated rings. The van der Waals surface area contributed by atoms with Crippen molar-refractivity contribution in [2.45, 2.75) is 12.1 Å². The van der Waals surface area contributed by atoms with Gasteiger partial charge < -0.3 is 9.97 Å². The second kappa shape index (κ2) is 14.0. The van der Waals surface area contributed by atoms with E-state index in [1.165, 1.54) is 11.1 Å². The van der Waals surface area contributed by atoms with E-state index in [9.17, 15) is 0 Å². The minimum atomic E-state index is 0. The summed E-state index contributed by atoms with van der Waals surface area (Å²) >= 11 is 3.82. The number of hydrogen-bond acceptors (Lipinski definition) is 6. The summed E-state index contributed by atoms with van der Waals surface area (Å²) in [7, 11) is 0. The van der Waals surface area contributed by atoms with E-state index in [1.807, 2.05) is 35.9 Å². The van der Waals surface area contributed by atoms with E-state index in [-0.39, 0.29) is 49.6 Å². The third-order valence-electron chi connectivity index (χ3n) is 6.01. The average molecular weight is 606 g/mol. The summed E-state index contributed by atoms with van der Waals surface area (Å²) in [5, 5.41) is 6.92. The molecule has 4 N–H and O–H groups in total. The Morgan fingerprint density at radius 2 is 0.917 bits per heavy atom. The number of rotatable bonds is 5. The van der Waals surface area contributed by atoms with Crippen LogP contribution in [0.1, 0.15) is 23.7 Å². The number of halogens is 4. The molecule has 2 unspecified atom stereocenters. The summed E-state index contributed by atoms with van der Waals surface area (Å²) in [5.41, 5.74) is 6.83. The Bertz CT molecular complexity index is 1110. The van der Waals surface area contributed by atoms with E-state index in [0.717, 1.165) is 57.4 Å². The van der Waals surface area contributed by atoms with Crippen molar-refractivity contribution in [3.05, 3.63) is 72.6 Å². The fourth-order valence-corrected chi connectivity index (χ4v) is 6.04. The van der Waals surface area contributed by atoms with Gasteiger partial charge in [-0.15, -0.1) is 73.2 Å². The van der Waals surface area contributed by atoms with Gasteiger partial charge in [0.1, 0.15) is 11.6 Å². The molecule has 0 saturated carbocycles. The molecule has 2 aromatic heterocycles. The summed E-state index contributed by atoms with van der Waals surface area (Å²) in [5.74, 6) is 6.17. The molecule has 194 valence electrons. The molecule has 2 saturated heterocycles. The van der Waals surface area contributed by atoms with Gasteiger partial charge in [0, 0.05) is 23.3 Å². The zero-order chi connectivity index (χ0) is 21.3. The standard InChI is InChI=1S/C24H24N6S2.4ClH/c1-5-17(19-9-25-23(29-19)21-11-31-13-27-21)6-2-15(1)16-3-7-18(8-4-16)20-10-26-24(30-20)22-12-32-14-28-22;;;;/h1-10,21-22,27-28H,11-14H2,(H,25,29)(H,26,30);4*1H. The van der Waals surface area contributed by atoms with E-state index in [2.05, 4.69) is 79.1 Å². The van der Waals surface area contributed by atoms with Crippen LogP contribution in [0.15, 0.2) is 60.9 Å². The number of H-pyrrole nitrogens is 2. The van der Waals surface area contributed by atoms with Crippen LogP contribution in [0.2, 0.25) is 0 Å². The van der Waals surface area contributed by atoms with Gasteiger partial charge in [-0.3, -0.25) is 10.6 Å². The third kappa shape index (κ3) is 6.55. The quantitative estimate of drug-likeness (QED) is 0.208. The van der Waals surface area contributed by atoms with E-state index in [1.54, 1.807) is 0 Å². The van der Waals surface area contributed by atoms with Crippen LogP contribution in [-0.4, -0.2) is 43.2 Å². The molecule has 36 heavy (non-hydrogen) atoms. The fraction of sp³-hybridized carbons (Fsp3) is 0.250. The molecule has 4 heterocycles. The molecule has 0 amide bonds. The van der Waals surface area contributed by atoms with Crippen molar-refractivity contribution in [1.29, 1.82) is 0 Å². The number of thioether (sulfide) groups is 2. The maximum absolute atomic E-state index is 4.58. The Hall–Kier alpha value is -1.36. The van der Waals surface area contributed by atoms with E-state index >= 15 is 0 Å². The van der Waals surface area contributed by atoms with Crippen LogP contribution in [0, 0.1) is 0 Å². The summed E-state index contributed by atoms with van der Waals surface area (Å²) in [6.45, 7) is 0. The minimum Gasteiger partial charge on any atom is -0.341 e. The highest BCUT2D eigenvalue weighted by atomic mass is 35.5. The second-order valence-corrected chi connectivity index (χ2v) is 10.1. The van der Waals surface area contributed by atoms with Gasteiger partial charge in [-0.1, -0.05) is 48.5 Å². The lowest BCUT2D eigenvalue weighted by atomic mass is 10.0. The van der Waals surface area contributed by atoms with Gasteiger partial charge in [-0.05, 0) is 22.3 Å². The monoisotopic (exact) mass is 604 g/mol. The van der Waals surface area contributed by atoms with Gasteiger partial charge in [0.25, 0.3) is 0 Å². The number of nitrogens with zero attached hydrogens (tertiary/aromatic N) is 2. The molecule has 0 aliphatic carbocycles. The number of aromatic amines is 2. The van der Waals surface area contributed by atoms with Crippen LogP contribution in [0.5, 0.6) is 0 Å². The summed E-state index contributed by atoms with van der Waals surface area (Å²) < 4.78 is 0. The fourth-order valence-electron chi connectivity index (χ4n) is 4.15. The Morgan fingerprint density at radius 1 is 0.556 bits per heavy atom. The predicted octanol–water partition coefficient (Wildman–Crippen LogP) is 6.49. The first-order valence-corrected chi connectivity index (χ1v) is 13.1. The molecule has 2 aromatic carbocycles. The van der Waals surface area contributed by atoms with Crippen molar-refractivity contribution >= 4 is 73.2 Å². The van der Waals surface area contributed by atoms with Gasteiger partial charge in [0.05, 0.1) is 35.9 Å². The van der Waals surface area contributed by atoms with Crippen LogP contribution in [0.25, 0.3) is 33.6 Å². The molecule has 2 atom stereocenters. The Morgan fingerprint density at radius 3 is 1.25 bits per heavy atom. The molecule has 6 nitrogen and oxygen atoms in total. The van der Waals surface area contributed by atoms with E-state index in [4.69, 9.17) is 0 Å². The molecule has 4 aromatic rings. The van der Waals surface area contributed by atoms with Crippen LogP contribution in [0.3, 0.4) is 0 Å². The first-order chi connectivity index (χ1) is 15.8. The molecule has 6 rings (SSSR count). The van der Waals surface area contributed by atoms with Gasteiger partial charge in [0.2, 0.25) is 0 Å². The molecule has 12 heteroatoms. The van der Waals surface area contributed by atoms with Crippen LogP contribution in [0.4, 0.5) is 0 Å². The number of aromatic nitrogens is 4. The zero-order valence-electron chi connectivity index (χ0n) is 19.1. The molecule has 2 aliphatic heterocycles. The number of imidazole rings is 2. The molecule has 0 radical (unpaired) electrons. The first kappa shape index (κ1) is 30.9. The molecule has 0 bridgehead atoms. The maximum atomic E-state index is 4.58. The van der Waals surface area contributed by atoms with Crippen molar-refractivity contribution in [2.75, 3.05) is 23.3 Å². The Balaban J connectivity index is 0.00000114. The minimum absolute atomic E-state index is 0. The summed E-state index contributed by atoms with van der Waals surface area (Å²) in [6.07, 6.45) is 3.87. The van der Waals surface area contributed by atoms with Crippen molar-refractivity contribution in [2.24, 2.45) is 0 Å². The van der Waals surface area contributed by atoms with Crippen molar-refractivity contribution in [1.82, 2.24) is 30.6 Å². The smallest absolute Gasteiger partial charge is 0.124 e. The van der Waals surface area contributed by atoms with Gasteiger partial charge in [-0.25, -0.2) is 9.97 Å². The van der Waals surface area contributed by atoms with Crippen LogP contribution >= 0.6 is 73.2 Å². The molecule has 0 spiro atoms. The normalized spacial score (nSPS) is 18.4. The number of benzene rings is 2. The molecular formula is C24H28Cl4N6S2. The third-order valence-corrected chi connectivity index (χ3v) is 7.89. The van der Waals surface area contributed by atoms with Gasteiger partial charge in [0.15, 0.2) is 0 Å². The van der Waals surface area contributed by atoms with Crippen molar-refractivity contribution < 1.29 is 0 Å². The second-order valence-electron chi connectivity index (χ2n) is 8.06. The molecular weight excluding hydrogens is 578 g/mol. The first-order valence-electron chi connectivity index (χ1n) is 10.8. The Labute approximate surface area is 244 Å². The van der Waals surface area contributed by atoms with E-state index < -0.39 is 0 Å². The molecule has 2 aliphatic rings. The van der Waals surface area contributed by atoms with Gasteiger partial charge in [-0.2, -0.15) is 0 Å². The number of nitrogens with one attached hydrogen (secondary N) is 4. The Kier molecular flexibility index (Phi) is 12.0. The van der Waals surface area contributed by atoms with E-state index in [0.29, 0.717) is 12.1 Å². The highest BCUT2D eigenvalue weighted by Gasteiger charge is 2.20. The summed E-state index contributed by atoms with van der Waals surface area (Å²) in [6, 6.07) is 18.0. The van der Waals surface area contributed by atoms with Crippen LogP contribution < -0.4 is 10.6 Å². The van der Waals surface area contributed by atoms with Crippen molar-refractivity contribution in [3.63, 3.8) is 0 Å².